The number of carbonyl (C=O) groups excluding carboxylic acids is 1. The van der Waals surface area contributed by atoms with E-state index in [1.54, 1.807) is 24.3 Å². The molecule has 0 saturated heterocycles. The summed E-state index contributed by atoms with van der Waals surface area (Å²) in [6.45, 7) is 1.87. The molecule has 0 spiro atoms. The summed E-state index contributed by atoms with van der Waals surface area (Å²) in [7, 11) is 0. The Balaban J connectivity index is 2.04. The number of aryl methyl sites for hydroxylation is 1. The molecule has 5 heteroatoms. The van der Waals surface area contributed by atoms with E-state index >= 15 is 0 Å². The first-order chi connectivity index (χ1) is 12.4. The molecule has 0 saturated carbocycles. The minimum Gasteiger partial charge on any atom is -0.424 e. The van der Waals surface area contributed by atoms with Gasteiger partial charge in [0.15, 0.2) is 0 Å². The summed E-state index contributed by atoms with van der Waals surface area (Å²) < 4.78 is 31.6. The second-order valence-electron chi connectivity index (χ2n) is 5.93. The number of hydrogen-bond acceptors (Lipinski definition) is 3. The van der Waals surface area contributed by atoms with Gasteiger partial charge in [0, 0.05) is 0 Å². The summed E-state index contributed by atoms with van der Waals surface area (Å²) in [6.07, 6.45) is 0. The Kier molecular flexibility index (Phi) is 4.82. The zero-order valence-corrected chi connectivity index (χ0v) is 13.9. The fourth-order valence-electron chi connectivity index (χ4n) is 2.57. The van der Waals surface area contributed by atoms with Crippen LogP contribution in [0, 0.1) is 18.6 Å². The maximum absolute atomic E-state index is 13.3. The normalized spacial score (nSPS) is 13.1. The van der Waals surface area contributed by atoms with Gasteiger partial charge in [0.2, 0.25) is 5.60 Å². The Bertz CT molecular complexity index is 856. The van der Waals surface area contributed by atoms with Gasteiger partial charge in [0.05, 0.1) is 0 Å². The molecule has 0 aliphatic heterocycles. The largest absolute Gasteiger partial charge is 0.424 e. The minimum absolute atomic E-state index is 0.0871. The number of rotatable bonds is 4. The van der Waals surface area contributed by atoms with Crippen molar-refractivity contribution in [1.29, 1.82) is 0 Å². The molecule has 0 heterocycles. The molecule has 0 amide bonds. The first kappa shape index (κ1) is 17.8. The molecule has 26 heavy (non-hydrogen) atoms. The fraction of sp³-hybridized carbons (Fsp3) is 0.0952. The summed E-state index contributed by atoms with van der Waals surface area (Å²) in [4.78, 5) is 12.8. The molecular formula is C21H16F2O3. The third-order valence-corrected chi connectivity index (χ3v) is 4.05. The van der Waals surface area contributed by atoms with Gasteiger partial charge in [-0.3, -0.25) is 0 Å². The van der Waals surface area contributed by atoms with Gasteiger partial charge in [-0.2, -0.15) is 0 Å². The van der Waals surface area contributed by atoms with E-state index in [0.29, 0.717) is 0 Å². The number of ether oxygens (including phenoxy) is 1. The van der Waals surface area contributed by atoms with Crippen molar-refractivity contribution in [3.8, 4) is 5.75 Å². The smallest absolute Gasteiger partial charge is 0.353 e. The number of benzene rings is 3. The van der Waals surface area contributed by atoms with E-state index in [4.69, 9.17) is 4.74 Å². The van der Waals surface area contributed by atoms with Crippen LogP contribution in [0.5, 0.6) is 5.75 Å². The van der Waals surface area contributed by atoms with Gasteiger partial charge in [-0.1, -0.05) is 42.0 Å². The van der Waals surface area contributed by atoms with Crippen LogP contribution in [0.3, 0.4) is 0 Å². The molecule has 3 nitrogen and oxygen atoms in total. The molecule has 3 aromatic carbocycles. The SMILES string of the molecule is Cc1ccc([C@@](O)(C(=O)Oc2ccc(F)cc2)c2ccc(F)cc2)cc1. The third kappa shape index (κ3) is 3.48. The molecule has 0 unspecified atom stereocenters. The molecule has 1 N–H and O–H groups in total. The molecule has 0 aromatic heterocycles. The van der Waals surface area contributed by atoms with Crippen molar-refractivity contribution in [2.45, 2.75) is 12.5 Å². The van der Waals surface area contributed by atoms with Crippen LogP contribution in [-0.2, 0) is 10.4 Å². The molecule has 132 valence electrons. The lowest BCUT2D eigenvalue weighted by Gasteiger charge is -2.27. The molecule has 0 radical (unpaired) electrons. The molecule has 3 aromatic rings. The molecule has 0 aliphatic carbocycles. The van der Waals surface area contributed by atoms with Gasteiger partial charge in [-0.25, -0.2) is 13.6 Å². The number of halogens is 2. The van der Waals surface area contributed by atoms with E-state index in [0.717, 1.165) is 29.8 Å². The van der Waals surface area contributed by atoms with Crippen LogP contribution < -0.4 is 4.74 Å². The third-order valence-electron chi connectivity index (χ3n) is 4.05. The average molecular weight is 354 g/mol. The number of carbonyl (C=O) groups is 1. The van der Waals surface area contributed by atoms with Gasteiger partial charge in [0.25, 0.3) is 0 Å². The van der Waals surface area contributed by atoms with Crippen molar-refractivity contribution in [2.24, 2.45) is 0 Å². The fourth-order valence-corrected chi connectivity index (χ4v) is 2.57. The van der Waals surface area contributed by atoms with E-state index in [9.17, 15) is 18.7 Å². The number of aliphatic hydroxyl groups is 1. The summed E-state index contributed by atoms with van der Waals surface area (Å²) in [5.74, 6) is -1.85. The molecule has 3 rings (SSSR count). The van der Waals surface area contributed by atoms with E-state index in [1.807, 2.05) is 6.92 Å². The van der Waals surface area contributed by atoms with Gasteiger partial charge >= 0.3 is 5.97 Å². The Morgan fingerprint density at radius 3 is 1.73 bits per heavy atom. The first-order valence-corrected chi connectivity index (χ1v) is 7.93. The standard InChI is InChI=1S/C21H16F2O3/c1-14-2-4-15(5-3-14)21(25,16-6-8-17(22)9-7-16)20(24)26-19-12-10-18(23)11-13-19/h2-13,25H,1H3/t21-/m0/s1. The van der Waals surface area contributed by atoms with E-state index in [1.165, 1.54) is 24.3 Å². The Morgan fingerprint density at radius 2 is 1.23 bits per heavy atom. The maximum atomic E-state index is 13.3. The molecule has 0 aliphatic rings. The van der Waals surface area contributed by atoms with Crippen LogP contribution in [0.15, 0.2) is 72.8 Å². The highest BCUT2D eigenvalue weighted by Gasteiger charge is 2.42. The minimum atomic E-state index is -2.14. The predicted molar refractivity (Wildman–Crippen MR) is 92.6 cm³/mol. The Hall–Kier alpha value is -3.05. The first-order valence-electron chi connectivity index (χ1n) is 7.93. The lowest BCUT2D eigenvalue weighted by atomic mass is 9.86. The van der Waals surface area contributed by atoms with Crippen molar-refractivity contribution in [3.63, 3.8) is 0 Å². The van der Waals surface area contributed by atoms with Gasteiger partial charge in [-0.05, 0) is 54.4 Å². The van der Waals surface area contributed by atoms with Gasteiger partial charge in [-0.15, -0.1) is 0 Å². The van der Waals surface area contributed by atoms with Gasteiger partial charge < -0.3 is 9.84 Å². The lowest BCUT2D eigenvalue weighted by molar-refractivity contribution is -0.152. The Labute approximate surface area is 149 Å². The highest BCUT2D eigenvalue weighted by molar-refractivity contribution is 5.87. The number of esters is 1. The summed E-state index contributed by atoms with van der Waals surface area (Å²) in [6, 6.07) is 16.5. The highest BCUT2D eigenvalue weighted by atomic mass is 19.1. The van der Waals surface area contributed by atoms with Crippen LogP contribution >= 0.6 is 0 Å². The zero-order chi connectivity index (χ0) is 18.7. The van der Waals surface area contributed by atoms with E-state index in [2.05, 4.69) is 0 Å². The second kappa shape index (κ2) is 7.06. The quantitative estimate of drug-likeness (QED) is 0.566. The molecular weight excluding hydrogens is 338 g/mol. The van der Waals surface area contributed by atoms with Crippen molar-refractivity contribution < 1.29 is 23.4 Å². The highest BCUT2D eigenvalue weighted by Crippen LogP contribution is 2.32. The topological polar surface area (TPSA) is 46.5 Å². The average Bonchev–Trinajstić information content (AvgIpc) is 2.64. The zero-order valence-electron chi connectivity index (χ0n) is 13.9. The second-order valence-corrected chi connectivity index (χ2v) is 5.93. The lowest BCUT2D eigenvalue weighted by Crippen LogP contribution is -2.40. The van der Waals surface area contributed by atoms with Crippen LogP contribution in [0.4, 0.5) is 8.78 Å². The predicted octanol–water partition coefficient (Wildman–Crippen LogP) is 4.11. The summed E-state index contributed by atoms with van der Waals surface area (Å²) >= 11 is 0. The van der Waals surface area contributed by atoms with Crippen LogP contribution in [0.25, 0.3) is 0 Å². The molecule has 0 fully saturated rings. The van der Waals surface area contributed by atoms with Gasteiger partial charge in [0.1, 0.15) is 17.4 Å². The van der Waals surface area contributed by atoms with Crippen LogP contribution in [0.2, 0.25) is 0 Å². The summed E-state index contributed by atoms with van der Waals surface area (Å²) in [5.41, 5.74) is -0.755. The van der Waals surface area contributed by atoms with Crippen molar-refractivity contribution in [3.05, 3.63) is 101 Å². The monoisotopic (exact) mass is 354 g/mol. The Morgan fingerprint density at radius 1 is 0.808 bits per heavy atom. The molecule has 1 atom stereocenters. The van der Waals surface area contributed by atoms with Crippen LogP contribution in [-0.4, -0.2) is 11.1 Å². The van der Waals surface area contributed by atoms with E-state index < -0.39 is 23.2 Å². The van der Waals surface area contributed by atoms with E-state index in [-0.39, 0.29) is 16.9 Å². The maximum Gasteiger partial charge on any atom is 0.353 e. The number of hydrogen-bond donors (Lipinski definition) is 1. The van der Waals surface area contributed by atoms with Crippen molar-refractivity contribution >= 4 is 5.97 Å². The molecule has 0 bridgehead atoms. The van der Waals surface area contributed by atoms with Crippen molar-refractivity contribution in [2.75, 3.05) is 0 Å². The summed E-state index contributed by atoms with van der Waals surface area (Å²) in [5, 5.41) is 11.2. The van der Waals surface area contributed by atoms with Crippen LogP contribution in [0.1, 0.15) is 16.7 Å². The van der Waals surface area contributed by atoms with Crippen molar-refractivity contribution in [1.82, 2.24) is 0 Å².